The van der Waals surface area contributed by atoms with Gasteiger partial charge in [0.2, 0.25) is 0 Å². The number of hydrogen-bond acceptors (Lipinski definition) is 8. The number of hydrogen-bond donors (Lipinski definition) is 5. The third kappa shape index (κ3) is 7.98. The third-order valence-corrected chi connectivity index (χ3v) is 6.05. The lowest BCUT2D eigenvalue weighted by atomic mass is 10.1. The van der Waals surface area contributed by atoms with Crippen molar-refractivity contribution >= 4 is 16.8 Å². The Bertz CT molecular complexity index is 1330. The van der Waals surface area contributed by atoms with Crippen LogP contribution in [0.4, 0.5) is 0 Å². The number of aromatic nitrogens is 1. The normalized spacial score (nSPS) is 12.6. The lowest BCUT2D eigenvalue weighted by molar-refractivity contribution is 0.0946. The van der Waals surface area contributed by atoms with Crippen LogP contribution in [0, 0.1) is 0 Å². The Balaban J connectivity index is 1.33. The Morgan fingerprint density at radius 2 is 1.72 bits per heavy atom. The molecule has 2 atom stereocenters. The zero-order valence-electron chi connectivity index (χ0n) is 21.5. The van der Waals surface area contributed by atoms with E-state index in [4.69, 9.17) is 14.6 Å². The molecule has 39 heavy (non-hydrogen) atoms. The minimum atomic E-state index is -0.716. The van der Waals surface area contributed by atoms with Crippen molar-refractivity contribution in [2.24, 2.45) is 0 Å². The fourth-order valence-corrected chi connectivity index (χ4v) is 4.06. The number of pyridine rings is 1. The molecule has 0 aliphatic heterocycles. The van der Waals surface area contributed by atoms with Crippen LogP contribution in [0.15, 0.2) is 85.1 Å². The summed E-state index contributed by atoms with van der Waals surface area (Å²) in [6.07, 6.45) is 1.44. The first kappa shape index (κ1) is 28.0. The van der Waals surface area contributed by atoms with Gasteiger partial charge in [-0.1, -0.05) is 36.4 Å². The molecule has 1 aromatic heterocycles. The van der Waals surface area contributed by atoms with Gasteiger partial charge in [-0.15, -0.1) is 0 Å². The SMILES string of the molecule is O=C(NCCO)c1cccc2c(Oc3ccc(CC(CO)NCC(O)COc4ccccc4)cc3)ccnc12. The summed E-state index contributed by atoms with van der Waals surface area (Å²) in [7, 11) is 0. The Hall–Kier alpha value is -4.02. The Morgan fingerprint density at radius 1 is 0.923 bits per heavy atom. The molecule has 5 N–H and O–H groups in total. The van der Waals surface area contributed by atoms with E-state index in [1.54, 1.807) is 24.4 Å². The minimum absolute atomic E-state index is 0.0816. The highest BCUT2D eigenvalue weighted by Crippen LogP contribution is 2.30. The smallest absolute Gasteiger partial charge is 0.253 e. The quantitative estimate of drug-likeness (QED) is 0.168. The van der Waals surface area contributed by atoms with Crippen molar-refractivity contribution in [1.29, 1.82) is 0 Å². The van der Waals surface area contributed by atoms with Crippen LogP contribution in [0.2, 0.25) is 0 Å². The Morgan fingerprint density at radius 3 is 2.46 bits per heavy atom. The number of fused-ring (bicyclic) bond motifs is 1. The van der Waals surface area contributed by atoms with Gasteiger partial charge in [0, 0.05) is 30.7 Å². The van der Waals surface area contributed by atoms with E-state index >= 15 is 0 Å². The highest BCUT2D eigenvalue weighted by Gasteiger charge is 2.15. The summed E-state index contributed by atoms with van der Waals surface area (Å²) >= 11 is 0. The molecular formula is C30H33N3O6. The summed E-state index contributed by atoms with van der Waals surface area (Å²) in [4.78, 5) is 16.8. The number of carbonyl (C=O) groups is 1. The van der Waals surface area contributed by atoms with Crippen molar-refractivity contribution in [1.82, 2.24) is 15.6 Å². The molecule has 9 heteroatoms. The molecule has 1 heterocycles. The van der Waals surface area contributed by atoms with E-state index in [-0.39, 0.29) is 44.9 Å². The number of aliphatic hydroxyl groups excluding tert-OH is 3. The molecule has 2 unspecified atom stereocenters. The lowest BCUT2D eigenvalue weighted by Crippen LogP contribution is -2.41. The maximum absolute atomic E-state index is 12.5. The van der Waals surface area contributed by atoms with Crippen LogP contribution in [0.25, 0.3) is 10.9 Å². The number of carbonyl (C=O) groups excluding carboxylic acids is 1. The van der Waals surface area contributed by atoms with Crippen molar-refractivity contribution in [3.63, 3.8) is 0 Å². The van der Waals surface area contributed by atoms with Gasteiger partial charge in [-0.3, -0.25) is 9.78 Å². The van der Waals surface area contributed by atoms with E-state index in [0.29, 0.717) is 40.1 Å². The van der Waals surface area contributed by atoms with Gasteiger partial charge in [-0.2, -0.15) is 0 Å². The third-order valence-electron chi connectivity index (χ3n) is 6.05. The maximum atomic E-state index is 12.5. The van der Waals surface area contributed by atoms with Crippen LogP contribution in [0.5, 0.6) is 17.2 Å². The van der Waals surface area contributed by atoms with Gasteiger partial charge in [-0.25, -0.2) is 0 Å². The molecule has 4 rings (SSSR count). The topological polar surface area (TPSA) is 133 Å². The molecule has 0 fully saturated rings. The zero-order chi connectivity index (χ0) is 27.5. The van der Waals surface area contributed by atoms with Crippen LogP contribution in [0.3, 0.4) is 0 Å². The average molecular weight is 532 g/mol. The van der Waals surface area contributed by atoms with Crippen molar-refractivity contribution < 1.29 is 29.6 Å². The van der Waals surface area contributed by atoms with Crippen molar-refractivity contribution in [3.05, 3.63) is 96.2 Å². The van der Waals surface area contributed by atoms with Gasteiger partial charge < -0.3 is 35.4 Å². The fraction of sp³-hybridized carbons (Fsp3) is 0.267. The van der Waals surface area contributed by atoms with E-state index < -0.39 is 6.10 Å². The molecule has 1 amide bonds. The summed E-state index contributed by atoms with van der Waals surface area (Å²) in [6.45, 7) is 0.374. The number of aliphatic hydroxyl groups is 3. The molecule has 0 saturated carbocycles. The second-order valence-corrected chi connectivity index (χ2v) is 9.01. The van der Waals surface area contributed by atoms with Crippen molar-refractivity contribution in [2.75, 3.05) is 32.9 Å². The van der Waals surface area contributed by atoms with E-state index in [9.17, 15) is 15.0 Å². The first-order valence-electron chi connectivity index (χ1n) is 12.8. The number of ether oxygens (including phenoxy) is 2. The minimum Gasteiger partial charge on any atom is -0.491 e. The van der Waals surface area contributed by atoms with E-state index in [2.05, 4.69) is 15.6 Å². The van der Waals surface area contributed by atoms with E-state index in [1.165, 1.54) is 0 Å². The van der Waals surface area contributed by atoms with Gasteiger partial charge in [0.05, 0.1) is 24.3 Å². The monoisotopic (exact) mass is 531 g/mol. The molecule has 0 aliphatic rings. The standard InChI is InChI=1S/C30H33N3O6/c34-16-15-32-30(37)27-8-4-7-26-28(13-14-31-29(26)27)39-25-11-9-21(10-12-25)17-22(19-35)33-18-23(36)20-38-24-5-2-1-3-6-24/h1-14,22-23,33-36H,15-20H2,(H,32,37). The van der Waals surface area contributed by atoms with Crippen LogP contribution < -0.4 is 20.1 Å². The predicted octanol–water partition coefficient (Wildman–Crippen LogP) is 2.68. The molecule has 9 nitrogen and oxygen atoms in total. The molecule has 0 bridgehead atoms. The van der Waals surface area contributed by atoms with Crippen LogP contribution in [0.1, 0.15) is 15.9 Å². The molecule has 0 aliphatic carbocycles. The number of nitrogens with zero attached hydrogens (tertiary/aromatic N) is 1. The predicted molar refractivity (Wildman–Crippen MR) is 148 cm³/mol. The summed E-state index contributed by atoms with van der Waals surface area (Å²) in [5, 5.41) is 35.6. The Labute approximate surface area is 227 Å². The largest absolute Gasteiger partial charge is 0.491 e. The number of rotatable bonds is 14. The molecule has 0 radical (unpaired) electrons. The summed E-state index contributed by atoms with van der Waals surface area (Å²) in [5.74, 6) is 1.56. The summed E-state index contributed by atoms with van der Waals surface area (Å²) in [5.41, 5.74) is 1.91. The first-order chi connectivity index (χ1) is 19.1. The summed E-state index contributed by atoms with van der Waals surface area (Å²) < 4.78 is 11.7. The van der Waals surface area contributed by atoms with Crippen LogP contribution in [-0.2, 0) is 6.42 Å². The maximum Gasteiger partial charge on any atom is 0.253 e. The van der Waals surface area contributed by atoms with Gasteiger partial charge in [-0.05, 0) is 54.4 Å². The molecule has 3 aromatic carbocycles. The fourth-order valence-electron chi connectivity index (χ4n) is 4.06. The highest BCUT2D eigenvalue weighted by molar-refractivity contribution is 6.06. The second-order valence-electron chi connectivity index (χ2n) is 9.01. The van der Waals surface area contributed by atoms with Crippen molar-refractivity contribution in [2.45, 2.75) is 18.6 Å². The average Bonchev–Trinajstić information content (AvgIpc) is 2.98. The van der Waals surface area contributed by atoms with Crippen molar-refractivity contribution in [3.8, 4) is 17.2 Å². The molecule has 4 aromatic rings. The number of nitrogens with one attached hydrogen (secondary N) is 2. The zero-order valence-corrected chi connectivity index (χ0v) is 21.5. The highest BCUT2D eigenvalue weighted by atomic mass is 16.5. The van der Waals surface area contributed by atoms with Gasteiger partial charge in [0.1, 0.15) is 30.0 Å². The molecule has 0 spiro atoms. The molecular weight excluding hydrogens is 498 g/mol. The number of para-hydroxylation sites is 2. The van der Waals surface area contributed by atoms with E-state index in [1.807, 2.05) is 60.7 Å². The first-order valence-corrected chi connectivity index (χ1v) is 12.8. The van der Waals surface area contributed by atoms with Crippen LogP contribution in [-0.4, -0.2) is 71.3 Å². The van der Waals surface area contributed by atoms with E-state index in [0.717, 1.165) is 5.56 Å². The molecule has 204 valence electrons. The van der Waals surface area contributed by atoms with Gasteiger partial charge >= 0.3 is 0 Å². The summed E-state index contributed by atoms with van der Waals surface area (Å²) in [6, 6.07) is 23.6. The van der Waals surface area contributed by atoms with Gasteiger partial charge in [0.25, 0.3) is 5.91 Å². The van der Waals surface area contributed by atoms with Crippen LogP contribution >= 0.6 is 0 Å². The number of benzene rings is 3. The number of amides is 1. The Kier molecular flexibility index (Phi) is 10.2. The van der Waals surface area contributed by atoms with Gasteiger partial charge in [0.15, 0.2) is 0 Å². The lowest BCUT2D eigenvalue weighted by Gasteiger charge is -2.19. The second kappa shape index (κ2) is 14.2. The molecule has 0 saturated heterocycles.